The van der Waals surface area contributed by atoms with E-state index in [0.29, 0.717) is 12.8 Å². The van der Waals surface area contributed by atoms with Crippen molar-refractivity contribution in [3.8, 4) is 0 Å². The Kier molecular flexibility index (Phi) is 4.30. The van der Waals surface area contributed by atoms with Crippen LogP contribution in [0.3, 0.4) is 0 Å². The fraction of sp³-hybridized carbons (Fsp3) is 0.143. The van der Waals surface area contributed by atoms with E-state index in [4.69, 9.17) is 4.42 Å². The van der Waals surface area contributed by atoms with Gasteiger partial charge in [-0.25, -0.2) is 5.43 Å². The van der Waals surface area contributed by atoms with Gasteiger partial charge in [0.1, 0.15) is 0 Å². The number of rotatable bonds is 5. The third-order valence-electron chi connectivity index (χ3n) is 2.43. The molecule has 0 bridgehead atoms. The molecule has 4 heteroatoms. The molecule has 0 aliphatic carbocycles. The van der Waals surface area contributed by atoms with Crippen molar-refractivity contribution in [1.29, 1.82) is 0 Å². The number of amides is 1. The lowest BCUT2D eigenvalue weighted by Crippen LogP contribution is -2.17. The second kappa shape index (κ2) is 6.39. The van der Waals surface area contributed by atoms with Gasteiger partial charge in [-0.2, -0.15) is 5.10 Å². The number of carbonyl (C=O) groups is 1. The molecule has 0 aliphatic rings. The number of hydrazone groups is 1. The monoisotopic (exact) mass is 242 g/mol. The van der Waals surface area contributed by atoms with Crippen molar-refractivity contribution >= 4 is 12.1 Å². The predicted octanol–water partition coefficient (Wildman–Crippen LogP) is 2.36. The van der Waals surface area contributed by atoms with Crippen molar-refractivity contribution in [2.45, 2.75) is 12.8 Å². The molecule has 0 unspecified atom stereocenters. The predicted molar refractivity (Wildman–Crippen MR) is 69.2 cm³/mol. The van der Waals surface area contributed by atoms with E-state index >= 15 is 0 Å². The van der Waals surface area contributed by atoms with E-state index < -0.39 is 0 Å². The highest BCUT2D eigenvalue weighted by Crippen LogP contribution is 2.02. The highest BCUT2D eigenvalue weighted by atomic mass is 16.3. The van der Waals surface area contributed by atoms with Crippen molar-refractivity contribution in [3.63, 3.8) is 0 Å². The molecule has 0 atom stereocenters. The highest BCUT2D eigenvalue weighted by molar-refractivity contribution is 5.81. The summed E-state index contributed by atoms with van der Waals surface area (Å²) in [6.07, 6.45) is 5.79. The Labute approximate surface area is 105 Å². The second-order valence-electron chi connectivity index (χ2n) is 3.84. The second-order valence-corrected chi connectivity index (χ2v) is 3.84. The number of aryl methyl sites for hydroxylation is 1. The maximum atomic E-state index is 11.5. The fourth-order valence-electron chi connectivity index (χ4n) is 1.49. The molecule has 92 valence electrons. The minimum atomic E-state index is -0.0985. The standard InChI is InChI=1S/C14H14N2O2/c17-14(7-6-12-4-2-1-3-5-12)16-15-10-13-8-9-18-11-13/h1-5,8-11H,6-7H2,(H,16,17). The topological polar surface area (TPSA) is 54.6 Å². The molecule has 1 aromatic heterocycles. The molecule has 18 heavy (non-hydrogen) atoms. The largest absolute Gasteiger partial charge is 0.472 e. The molecule has 1 amide bonds. The minimum absolute atomic E-state index is 0.0985. The smallest absolute Gasteiger partial charge is 0.240 e. The quantitative estimate of drug-likeness (QED) is 0.646. The first-order valence-corrected chi connectivity index (χ1v) is 5.72. The lowest BCUT2D eigenvalue weighted by atomic mass is 10.1. The van der Waals surface area contributed by atoms with Crippen molar-refractivity contribution in [2.75, 3.05) is 0 Å². The van der Waals surface area contributed by atoms with Gasteiger partial charge in [0.2, 0.25) is 5.91 Å². The molecule has 2 rings (SSSR count). The van der Waals surface area contributed by atoms with Crippen molar-refractivity contribution in [2.24, 2.45) is 5.10 Å². The molecule has 0 fully saturated rings. The molecule has 0 aliphatic heterocycles. The number of hydrogen-bond acceptors (Lipinski definition) is 3. The van der Waals surface area contributed by atoms with Crippen LogP contribution in [0.1, 0.15) is 17.5 Å². The first-order chi connectivity index (χ1) is 8.84. The summed E-state index contributed by atoms with van der Waals surface area (Å²) in [5, 5.41) is 3.84. The molecule has 1 heterocycles. The van der Waals surface area contributed by atoms with Gasteiger partial charge < -0.3 is 4.42 Å². The van der Waals surface area contributed by atoms with Gasteiger partial charge in [-0.05, 0) is 18.1 Å². The van der Waals surface area contributed by atoms with Gasteiger partial charge in [0.05, 0.1) is 18.7 Å². The van der Waals surface area contributed by atoms with E-state index in [0.717, 1.165) is 11.1 Å². The minimum Gasteiger partial charge on any atom is -0.472 e. The lowest BCUT2D eigenvalue weighted by Gasteiger charge is -2.00. The molecule has 2 aromatic rings. The summed E-state index contributed by atoms with van der Waals surface area (Å²) < 4.78 is 4.87. The van der Waals surface area contributed by atoms with E-state index in [1.165, 1.54) is 0 Å². The molecule has 1 N–H and O–H groups in total. The molecule has 1 aromatic carbocycles. The van der Waals surface area contributed by atoms with Crippen LogP contribution < -0.4 is 5.43 Å². The van der Waals surface area contributed by atoms with Gasteiger partial charge in [0.15, 0.2) is 0 Å². The van der Waals surface area contributed by atoms with Crippen LogP contribution >= 0.6 is 0 Å². The maximum absolute atomic E-state index is 11.5. The molecule has 0 spiro atoms. The summed E-state index contributed by atoms with van der Waals surface area (Å²) in [7, 11) is 0. The summed E-state index contributed by atoms with van der Waals surface area (Å²) in [5.74, 6) is -0.0985. The first kappa shape index (κ1) is 12.1. The lowest BCUT2D eigenvalue weighted by molar-refractivity contribution is -0.121. The van der Waals surface area contributed by atoms with Crippen LogP contribution in [0.15, 0.2) is 58.4 Å². The van der Waals surface area contributed by atoms with E-state index in [9.17, 15) is 4.79 Å². The van der Waals surface area contributed by atoms with Gasteiger partial charge in [0.25, 0.3) is 0 Å². The molecular weight excluding hydrogens is 228 g/mol. The number of benzene rings is 1. The molecule has 0 saturated carbocycles. The maximum Gasteiger partial charge on any atom is 0.240 e. The van der Waals surface area contributed by atoms with Gasteiger partial charge >= 0.3 is 0 Å². The summed E-state index contributed by atoms with van der Waals surface area (Å²) in [5.41, 5.74) is 4.44. The number of nitrogens with zero attached hydrogens (tertiary/aromatic N) is 1. The Morgan fingerprint density at radius 1 is 1.28 bits per heavy atom. The summed E-state index contributed by atoms with van der Waals surface area (Å²) in [4.78, 5) is 11.5. The third-order valence-corrected chi connectivity index (χ3v) is 2.43. The average molecular weight is 242 g/mol. The SMILES string of the molecule is O=C(CCc1ccccc1)NN=Cc1ccoc1. The third kappa shape index (κ3) is 3.90. The summed E-state index contributed by atoms with van der Waals surface area (Å²) >= 11 is 0. The van der Waals surface area contributed by atoms with Crippen LogP contribution in [0.5, 0.6) is 0 Å². The van der Waals surface area contributed by atoms with Crippen LogP contribution in [0.2, 0.25) is 0 Å². The van der Waals surface area contributed by atoms with E-state index in [-0.39, 0.29) is 5.91 Å². The van der Waals surface area contributed by atoms with E-state index in [1.54, 1.807) is 24.8 Å². The molecule has 4 nitrogen and oxygen atoms in total. The zero-order chi connectivity index (χ0) is 12.6. The molecule has 0 radical (unpaired) electrons. The van der Waals surface area contributed by atoms with E-state index in [1.807, 2.05) is 30.3 Å². The summed E-state index contributed by atoms with van der Waals surface area (Å²) in [6, 6.07) is 11.6. The Bertz CT molecular complexity index is 504. The fourth-order valence-corrected chi connectivity index (χ4v) is 1.49. The number of carbonyl (C=O) groups excluding carboxylic acids is 1. The van der Waals surface area contributed by atoms with Gasteiger partial charge in [0, 0.05) is 12.0 Å². The zero-order valence-electron chi connectivity index (χ0n) is 9.87. The zero-order valence-corrected chi connectivity index (χ0v) is 9.87. The van der Waals surface area contributed by atoms with Crippen LogP contribution in [0, 0.1) is 0 Å². The summed E-state index contributed by atoms with van der Waals surface area (Å²) in [6.45, 7) is 0. The van der Waals surface area contributed by atoms with Gasteiger partial charge in [-0.1, -0.05) is 30.3 Å². The Morgan fingerprint density at radius 2 is 2.11 bits per heavy atom. The number of hydrogen-bond donors (Lipinski definition) is 1. The van der Waals surface area contributed by atoms with Crippen LogP contribution in [-0.2, 0) is 11.2 Å². The van der Waals surface area contributed by atoms with Crippen molar-refractivity contribution in [3.05, 3.63) is 60.1 Å². The van der Waals surface area contributed by atoms with Crippen LogP contribution in [-0.4, -0.2) is 12.1 Å². The highest BCUT2D eigenvalue weighted by Gasteiger charge is 2.00. The van der Waals surface area contributed by atoms with Crippen LogP contribution in [0.4, 0.5) is 0 Å². The number of furan rings is 1. The Hall–Kier alpha value is -2.36. The van der Waals surface area contributed by atoms with Crippen molar-refractivity contribution < 1.29 is 9.21 Å². The Morgan fingerprint density at radius 3 is 2.83 bits per heavy atom. The number of nitrogens with one attached hydrogen (secondary N) is 1. The molecule has 0 saturated heterocycles. The van der Waals surface area contributed by atoms with Crippen LogP contribution in [0.25, 0.3) is 0 Å². The Balaban J connectivity index is 1.73. The average Bonchev–Trinajstić information content (AvgIpc) is 2.91. The normalized spacial score (nSPS) is 10.7. The van der Waals surface area contributed by atoms with Gasteiger partial charge in [-0.3, -0.25) is 4.79 Å². The van der Waals surface area contributed by atoms with Gasteiger partial charge in [-0.15, -0.1) is 0 Å². The van der Waals surface area contributed by atoms with E-state index in [2.05, 4.69) is 10.5 Å². The molecular formula is C14H14N2O2. The van der Waals surface area contributed by atoms with Crippen molar-refractivity contribution in [1.82, 2.24) is 5.43 Å². The first-order valence-electron chi connectivity index (χ1n) is 5.72.